The Labute approximate surface area is 162 Å². The highest BCUT2D eigenvalue weighted by Crippen LogP contribution is 2.37. The normalized spacial score (nSPS) is 10.9. The van der Waals surface area contributed by atoms with E-state index in [4.69, 9.17) is 4.74 Å². The molecular formula is C21H20N4OS. The summed E-state index contributed by atoms with van der Waals surface area (Å²) in [5, 5.41) is 0.859. The Balaban J connectivity index is 1.79. The molecule has 0 unspecified atom stereocenters. The minimum absolute atomic E-state index is 0.787. The molecule has 4 aromatic rings. The van der Waals surface area contributed by atoms with E-state index < -0.39 is 0 Å². The van der Waals surface area contributed by atoms with Crippen molar-refractivity contribution in [2.75, 3.05) is 26.1 Å². The van der Waals surface area contributed by atoms with Crippen LogP contribution in [-0.2, 0) is 0 Å². The first-order chi connectivity index (χ1) is 13.1. The van der Waals surface area contributed by atoms with Crippen molar-refractivity contribution in [1.82, 2.24) is 15.0 Å². The molecule has 0 radical (unpaired) electrons. The summed E-state index contributed by atoms with van der Waals surface area (Å²) in [4.78, 5) is 15.8. The van der Waals surface area contributed by atoms with Crippen LogP contribution in [0.3, 0.4) is 0 Å². The number of hydrogen-bond acceptors (Lipinski definition) is 5. The zero-order valence-electron chi connectivity index (χ0n) is 15.4. The molecule has 136 valence electrons. The van der Waals surface area contributed by atoms with Crippen molar-refractivity contribution in [2.24, 2.45) is 0 Å². The molecule has 6 heteroatoms. The van der Waals surface area contributed by atoms with E-state index >= 15 is 0 Å². The second-order valence-electron chi connectivity index (χ2n) is 6.32. The summed E-state index contributed by atoms with van der Waals surface area (Å²) in [7, 11) is 5.73. The van der Waals surface area contributed by atoms with Crippen LogP contribution in [0.15, 0.2) is 70.8 Å². The standard InChI is InChI=1S/C21H20N4OS/c1-25(2)14-8-9-20(16(12-14)19-13-15(26-3)10-11-22-19)27-21-23-17-6-4-5-7-18(17)24-21/h4-13H,1-3H3,(H,23,24). The van der Waals surface area contributed by atoms with Gasteiger partial charge in [-0.15, -0.1) is 0 Å². The van der Waals surface area contributed by atoms with Gasteiger partial charge in [0.25, 0.3) is 0 Å². The summed E-state index contributed by atoms with van der Waals surface area (Å²) in [5.41, 5.74) is 5.03. The predicted molar refractivity (Wildman–Crippen MR) is 111 cm³/mol. The molecule has 0 spiro atoms. The monoisotopic (exact) mass is 376 g/mol. The number of rotatable bonds is 5. The average molecular weight is 376 g/mol. The van der Waals surface area contributed by atoms with E-state index in [1.807, 2.05) is 50.5 Å². The number of H-pyrrole nitrogens is 1. The number of imidazole rings is 1. The number of benzene rings is 2. The second-order valence-corrected chi connectivity index (χ2v) is 7.35. The number of para-hydroxylation sites is 2. The molecule has 4 rings (SSSR count). The maximum atomic E-state index is 5.38. The van der Waals surface area contributed by atoms with Crippen LogP contribution in [0.5, 0.6) is 5.75 Å². The second kappa shape index (κ2) is 7.32. The largest absolute Gasteiger partial charge is 0.497 e. The van der Waals surface area contributed by atoms with Crippen LogP contribution in [0.4, 0.5) is 5.69 Å². The molecule has 0 fully saturated rings. The van der Waals surface area contributed by atoms with Crippen LogP contribution in [-0.4, -0.2) is 36.2 Å². The zero-order valence-corrected chi connectivity index (χ0v) is 16.2. The molecule has 27 heavy (non-hydrogen) atoms. The minimum atomic E-state index is 0.787. The number of aromatic nitrogens is 3. The first-order valence-electron chi connectivity index (χ1n) is 8.58. The van der Waals surface area contributed by atoms with Crippen LogP contribution < -0.4 is 9.64 Å². The summed E-state index contributed by atoms with van der Waals surface area (Å²) in [6.07, 6.45) is 1.77. The maximum absolute atomic E-state index is 5.38. The number of anilines is 1. The van der Waals surface area contributed by atoms with Crippen molar-refractivity contribution in [3.05, 3.63) is 60.8 Å². The van der Waals surface area contributed by atoms with Crippen LogP contribution >= 0.6 is 11.8 Å². The predicted octanol–water partition coefficient (Wildman–Crippen LogP) is 4.85. The molecule has 0 aliphatic rings. The van der Waals surface area contributed by atoms with E-state index in [9.17, 15) is 0 Å². The fourth-order valence-corrected chi connectivity index (χ4v) is 3.78. The number of nitrogens with zero attached hydrogens (tertiary/aromatic N) is 3. The van der Waals surface area contributed by atoms with Gasteiger partial charge < -0.3 is 14.6 Å². The first-order valence-corrected chi connectivity index (χ1v) is 9.40. The van der Waals surface area contributed by atoms with Crippen LogP contribution in [0.1, 0.15) is 0 Å². The third kappa shape index (κ3) is 3.61. The molecule has 1 N–H and O–H groups in total. The highest BCUT2D eigenvalue weighted by atomic mass is 32.2. The lowest BCUT2D eigenvalue weighted by Gasteiger charge is -2.16. The minimum Gasteiger partial charge on any atom is -0.497 e. The lowest BCUT2D eigenvalue weighted by atomic mass is 10.1. The van der Waals surface area contributed by atoms with Gasteiger partial charge in [0.15, 0.2) is 5.16 Å². The average Bonchev–Trinajstić information content (AvgIpc) is 3.10. The summed E-state index contributed by atoms with van der Waals surface area (Å²) in [6.45, 7) is 0. The molecule has 2 heterocycles. The number of methoxy groups -OCH3 is 1. The van der Waals surface area contributed by atoms with E-state index in [2.05, 4.69) is 38.1 Å². The van der Waals surface area contributed by atoms with Crippen LogP contribution in [0, 0.1) is 0 Å². The molecule has 0 saturated heterocycles. The van der Waals surface area contributed by atoms with Crippen molar-refractivity contribution in [1.29, 1.82) is 0 Å². The summed E-state index contributed by atoms with van der Waals surface area (Å²) in [6, 6.07) is 18.2. The Morgan fingerprint density at radius 2 is 1.89 bits per heavy atom. The maximum Gasteiger partial charge on any atom is 0.171 e. The summed E-state index contributed by atoms with van der Waals surface area (Å²) in [5.74, 6) is 0.787. The van der Waals surface area contributed by atoms with Gasteiger partial charge in [-0.3, -0.25) is 4.98 Å². The topological polar surface area (TPSA) is 54.0 Å². The molecule has 0 atom stereocenters. The van der Waals surface area contributed by atoms with E-state index in [1.165, 1.54) is 0 Å². The highest BCUT2D eigenvalue weighted by Gasteiger charge is 2.13. The fraction of sp³-hybridized carbons (Fsp3) is 0.143. The van der Waals surface area contributed by atoms with Gasteiger partial charge >= 0.3 is 0 Å². The SMILES string of the molecule is COc1ccnc(-c2cc(N(C)C)ccc2Sc2nc3ccccc3[nH]2)c1. The quantitative estimate of drug-likeness (QED) is 0.539. The highest BCUT2D eigenvalue weighted by molar-refractivity contribution is 7.99. The van der Waals surface area contributed by atoms with Gasteiger partial charge in [-0.05, 0) is 36.4 Å². The number of fused-ring (bicyclic) bond motifs is 1. The Kier molecular flexibility index (Phi) is 4.73. The fourth-order valence-electron chi connectivity index (χ4n) is 2.85. The van der Waals surface area contributed by atoms with E-state index in [0.29, 0.717) is 0 Å². The van der Waals surface area contributed by atoms with E-state index in [-0.39, 0.29) is 0 Å². The van der Waals surface area contributed by atoms with Gasteiger partial charge in [-0.1, -0.05) is 23.9 Å². The molecule has 0 amide bonds. The lowest BCUT2D eigenvalue weighted by molar-refractivity contribution is 0.414. The van der Waals surface area contributed by atoms with Crippen LogP contribution in [0.25, 0.3) is 22.3 Å². The number of nitrogens with one attached hydrogen (secondary N) is 1. The Morgan fingerprint density at radius 3 is 2.67 bits per heavy atom. The van der Waals surface area contributed by atoms with Gasteiger partial charge in [0.05, 0.1) is 23.8 Å². The molecule has 0 aliphatic carbocycles. The Hall–Kier alpha value is -2.99. The number of hydrogen-bond donors (Lipinski definition) is 1. The molecule has 2 aromatic heterocycles. The molecule has 0 aliphatic heterocycles. The third-order valence-electron chi connectivity index (χ3n) is 4.30. The number of aromatic amines is 1. The summed E-state index contributed by atoms with van der Waals surface area (Å²) < 4.78 is 5.38. The van der Waals surface area contributed by atoms with Crippen LogP contribution in [0.2, 0.25) is 0 Å². The van der Waals surface area contributed by atoms with Gasteiger partial charge in [-0.2, -0.15) is 0 Å². The van der Waals surface area contributed by atoms with Crippen molar-refractivity contribution < 1.29 is 4.74 Å². The summed E-state index contributed by atoms with van der Waals surface area (Å²) >= 11 is 1.60. The smallest absolute Gasteiger partial charge is 0.171 e. The van der Waals surface area contributed by atoms with Gasteiger partial charge in [-0.25, -0.2) is 4.98 Å². The van der Waals surface area contributed by atoms with E-state index in [0.717, 1.165) is 43.8 Å². The first kappa shape index (κ1) is 17.4. The number of pyridine rings is 1. The van der Waals surface area contributed by atoms with Crippen molar-refractivity contribution >= 4 is 28.5 Å². The van der Waals surface area contributed by atoms with E-state index in [1.54, 1.807) is 25.1 Å². The molecule has 2 aromatic carbocycles. The Bertz CT molecular complexity index is 1060. The molecule has 0 saturated carbocycles. The van der Waals surface area contributed by atoms with Gasteiger partial charge in [0, 0.05) is 42.5 Å². The molecule has 5 nitrogen and oxygen atoms in total. The number of ether oxygens (including phenoxy) is 1. The Morgan fingerprint density at radius 1 is 1.04 bits per heavy atom. The lowest BCUT2D eigenvalue weighted by Crippen LogP contribution is -2.08. The molecular weight excluding hydrogens is 356 g/mol. The van der Waals surface area contributed by atoms with Gasteiger partial charge in [0.2, 0.25) is 0 Å². The third-order valence-corrected chi connectivity index (χ3v) is 5.26. The van der Waals surface area contributed by atoms with Crippen molar-refractivity contribution in [3.8, 4) is 17.0 Å². The van der Waals surface area contributed by atoms with Gasteiger partial charge in [0.1, 0.15) is 5.75 Å². The van der Waals surface area contributed by atoms with Crippen molar-refractivity contribution in [3.63, 3.8) is 0 Å². The molecule has 0 bridgehead atoms. The van der Waals surface area contributed by atoms with Crippen molar-refractivity contribution in [2.45, 2.75) is 10.1 Å². The zero-order chi connectivity index (χ0) is 18.8.